The van der Waals surface area contributed by atoms with Gasteiger partial charge in [-0.25, -0.2) is 8.78 Å². The molecule has 0 amide bonds. The quantitative estimate of drug-likeness (QED) is 0.871. The fourth-order valence-electron chi connectivity index (χ4n) is 2.79. The molecule has 2 rings (SSSR count). The number of aliphatic hydroxyl groups excluding tert-OH is 1. The van der Waals surface area contributed by atoms with E-state index in [1.807, 2.05) is 20.8 Å². The van der Waals surface area contributed by atoms with Gasteiger partial charge in [0.2, 0.25) is 0 Å². The van der Waals surface area contributed by atoms with Gasteiger partial charge in [0.25, 0.3) is 0 Å². The summed E-state index contributed by atoms with van der Waals surface area (Å²) in [4.78, 5) is 0. The van der Waals surface area contributed by atoms with Crippen molar-refractivity contribution in [2.24, 2.45) is 11.8 Å². The first-order valence-corrected chi connectivity index (χ1v) is 7.67. The third-order valence-corrected chi connectivity index (χ3v) is 4.37. The van der Waals surface area contributed by atoms with E-state index in [-0.39, 0.29) is 24.0 Å². The van der Waals surface area contributed by atoms with Crippen LogP contribution in [0.15, 0.2) is 0 Å². The fourth-order valence-corrected chi connectivity index (χ4v) is 2.79. The van der Waals surface area contributed by atoms with E-state index >= 15 is 0 Å². The summed E-state index contributed by atoms with van der Waals surface area (Å²) in [7, 11) is 1.47. The van der Waals surface area contributed by atoms with Gasteiger partial charge >= 0.3 is 0 Å². The van der Waals surface area contributed by atoms with Crippen LogP contribution in [0.4, 0.5) is 8.78 Å². The molecular weight excluding hydrogens is 282 g/mol. The highest BCUT2D eigenvalue weighted by Crippen LogP contribution is 2.31. The maximum atomic E-state index is 13.2. The van der Waals surface area contributed by atoms with Crippen molar-refractivity contribution in [1.82, 2.24) is 0 Å². The Balaban J connectivity index is 0.000000211. The third kappa shape index (κ3) is 4.34. The van der Waals surface area contributed by atoms with Crippen LogP contribution in [0.1, 0.15) is 40.5 Å². The zero-order valence-corrected chi connectivity index (χ0v) is 13.5. The molecule has 0 saturated carbocycles. The molecule has 21 heavy (non-hydrogen) atoms. The van der Waals surface area contributed by atoms with Crippen molar-refractivity contribution >= 4 is 0 Å². The average Bonchev–Trinajstić information content (AvgIpc) is 2.91. The van der Waals surface area contributed by atoms with Crippen LogP contribution < -0.4 is 0 Å². The van der Waals surface area contributed by atoms with Crippen molar-refractivity contribution in [3.8, 4) is 0 Å². The van der Waals surface area contributed by atoms with Crippen LogP contribution in [0.25, 0.3) is 0 Å². The van der Waals surface area contributed by atoms with Gasteiger partial charge in [0.15, 0.2) is 24.9 Å². The summed E-state index contributed by atoms with van der Waals surface area (Å²) in [5.41, 5.74) is 0. The molecule has 2 heterocycles. The average molecular weight is 310 g/mol. The Morgan fingerprint density at radius 1 is 0.952 bits per heavy atom. The maximum Gasteiger partial charge on any atom is 0.189 e. The molecule has 0 radical (unpaired) electrons. The first kappa shape index (κ1) is 18.7. The molecule has 0 aromatic carbocycles. The number of hydrogen-bond donors (Lipinski definition) is 1. The highest BCUT2D eigenvalue weighted by atomic mass is 19.1. The first-order chi connectivity index (χ1) is 9.87. The smallest absolute Gasteiger partial charge is 0.189 e. The summed E-state index contributed by atoms with van der Waals surface area (Å²) in [6, 6.07) is 0. The number of rotatable bonds is 3. The highest BCUT2D eigenvalue weighted by Gasteiger charge is 2.41. The van der Waals surface area contributed by atoms with Gasteiger partial charge in [-0.3, -0.25) is 0 Å². The minimum Gasteiger partial charge on any atom is -0.366 e. The predicted octanol–water partition coefficient (Wildman–Crippen LogP) is 2.83. The summed E-state index contributed by atoms with van der Waals surface area (Å²) in [6.07, 6.45) is -2.48. The summed E-state index contributed by atoms with van der Waals surface area (Å²) >= 11 is 0. The van der Waals surface area contributed by atoms with E-state index in [1.54, 1.807) is 6.92 Å². The van der Waals surface area contributed by atoms with Crippen LogP contribution in [-0.4, -0.2) is 49.3 Å². The molecule has 0 bridgehead atoms. The van der Waals surface area contributed by atoms with Crippen molar-refractivity contribution in [3.63, 3.8) is 0 Å². The number of aliphatic hydroxyl groups is 1. The molecule has 0 aliphatic carbocycles. The molecule has 2 aliphatic rings. The SMILES string of the molecule is CC[C@H]1OC(O)[C@H](F)[C@@H]1C.CC[C@H]1OC(OC)[C@H](F)[C@@H]1C. The number of ether oxygens (including phenoxy) is 3. The maximum absolute atomic E-state index is 13.2. The predicted molar refractivity (Wildman–Crippen MR) is 75.3 cm³/mol. The number of alkyl halides is 2. The van der Waals surface area contributed by atoms with E-state index in [9.17, 15) is 8.78 Å². The summed E-state index contributed by atoms with van der Waals surface area (Å²) in [5.74, 6) is -0.204. The number of halogens is 2. The van der Waals surface area contributed by atoms with Gasteiger partial charge in [0.1, 0.15) is 0 Å². The van der Waals surface area contributed by atoms with Gasteiger partial charge in [-0.1, -0.05) is 27.7 Å². The molecule has 126 valence electrons. The van der Waals surface area contributed by atoms with Gasteiger partial charge in [0, 0.05) is 18.9 Å². The van der Waals surface area contributed by atoms with Crippen LogP contribution >= 0.6 is 0 Å². The monoisotopic (exact) mass is 310 g/mol. The number of methoxy groups -OCH3 is 1. The van der Waals surface area contributed by atoms with E-state index in [4.69, 9.17) is 19.3 Å². The van der Waals surface area contributed by atoms with Gasteiger partial charge in [-0.15, -0.1) is 0 Å². The van der Waals surface area contributed by atoms with Gasteiger partial charge in [-0.2, -0.15) is 0 Å². The highest BCUT2D eigenvalue weighted by molar-refractivity contribution is 4.83. The Labute approximate surface area is 125 Å². The lowest BCUT2D eigenvalue weighted by Gasteiger charge is -2.10. The lowest BCUT2D eigenvalue weighted by molar-refractivity contribution is -0.135. The van der Waals surface area contributed by atoms with E-state index in [1.165, 1.54) is 7.11 Å². The molecular formula is C15H28F2O4. The first-order valence-electron chi connectivity index (χ1n) is 7.67. The van der Waals surface area contributed by atoms with Gasteiger partial charge in [-0.05, 0) is 12.8 Å². The van der Waals surface area contributed by atoms with Gasteiger partial charge in [0.05, 0.1) is 12.2 Å². The summed E-state index contributed by atoms with van der Waals surface area (Å²) in [6.45, 7) is 7.53. The van der Waals surface area contributed by atoms with E-state index in [0.717, 1.165) is 12.8 Å². The van der Waals surface area contributed by atoms with Crippen molar-refractivity contribution in [2.75, 3.05) is 7.11 Å². The second-order valence-electron chi connectivity index (χ2n) is 5.77. The minimum atomic E-state index is -1.20. The molecule has 1 N–H and O–H groups in total. The topological polar surface area (TPSA) is 47.9 Å². The molecule has 8 atom stereocenters. The second kappa shape index (κ2) is 8.36. The molecule has 2 unspecified atom stereocenters. The van der Waals surface area contributed by atoms with Crippen molar-refractivity contribution in [3.05, 3.63) is 0 Å². The molecule has 4 nitrogen and oxygen atoms in total. The molecule has 6 heteroatoms. The Bertz CT molecular complexity index is 287. The zero-order valence-electron chi connectivity index (χ0n) is 13.5. The Kier molecular flexibility index (Phi) is 7.47. The summed E-state index contributed by atoms with van der Waals surface area (Å²) < 4.78 is 41.0. The van der Waals surface area contributed by atoms with Crippen molar-refractivity contribution in [1.29, 1.82) is 0 Å². The van der Waals surface area contributed by atoms with Crippen molar-refractivity contribution in [2.45, 2.75) is 77.7 Å². The van der Waals surface area contributed by atoms with Crippen molar-refractivity contribution < 1.29 is 28.1 Å². The molecule has 2 saturated heterocycles. The van der Waals surface area contributed by atoms with Crippen LogP contribution in [-0.2, 0) is 14.2 Å². The van der Waals surface area contributed by atoms with Gasteiger partial charge < -0.3 is 19.3 Å². The van der Waals surface area contributed by atoms with E-state index in [0.29, 0.717) is 0 Å². The summed E-state index contributed by atoms with van der Waals surface area (Å²) in [5, 5.41) is 8.87. The van der Waals surface area contributed by atoms with Crippen LogP contribution in [0.3, 0.4) is 0 Å². The minimum absolute atomic E-state index is 0.0231. The van der Waals surface area contributed by atoms with Crippen LogP contribution in [0.5, 0.6) is 0 Å². The Morgan fingerprint density at radius 3 is 1.67 bits per heavy atom. The van der Waals surface area contributed by atoms with E-state index in [2.05, 4.69) is 0 Å². The normalized spacial score (nSPS) is 46.3. The van der Waals surface area contributed by atoms with E-state index < -0.39 is 24.9 Å². The zero-order chi connectivity index (χ0) is 16.2. The Hall–Kier alpha value is -0.300. The molecule has 2 aliphatic heterocycles. The number of hydrogen-bond acceptors (Lipinski definition) is 4. The lowest BCUT2D eigenvalue weighted by Crippen LogP contribution is -2.22. The molecule has 0 aromatic heterocycles. The lowest BCUT2D eigenvalue weighted by atomic mass is 10.0. The Morgan fingerprint density at radius 2 is 1.43 bits per heavy atom. The fraction of sp³-hybridized carbons (Fsp3) is 1.00. The van der Waals surface area contributed by atoms with Crippen LogP contribution in [0, 0.1) is 11.8 Å². The second-order valence-corrected chi connectivity index (χ2v) is 5.77. The molecule has 0 aromatic rings. The molecule has 2 fully saturated rings. The standard InChI is InChI=1S/C8H15FO2.C7H13FO2/c1-4-6-5(2)7(9)8(10-3)11-6;1-3-5-4(2)6(8)7(9)10-5/h5-8H,4H2,1-3H3;4-7,9H,3H2,1-2H3/t5-,6-,7-,8?;4-,5-,6-,7?/m11/s1. The molecule has 0 spiro atoms. The third-order valence-electron chi connectivity index (χ3n) is 4.37. The van der Waals surface area contributed by atoms with Crippen LogP contribution in [0.2, 0.25) is 0 Å². The largest absolute Gasteiger partial charge is 0.366 e.